The van der Waals surface area contributed by atoms with Gasteiger partial charge in [0.1, 0.15) is 0 Å². The van der Waals surface area contributed by atoms with E-state index in [4.69, 9.17) is 0 Å². The molecule has 0 aliphatic carbocycles. The van der Waals surface area contributed by atoms with Crippen molar-refractivity contribution < 1.29 is 0 Å². The number of rotatable bonds is 4. The summed E-state index contributed by atoms with van der Waals surface area (Å²) in [5, 5.41) is 7.37. The van der Waals surface area contributed by atoms with E-state index < -0.39 is 0 Å². The van der Waals surface area contributed by atoms with Gasteiger partial charge in [0.2, 0.25) is 0 Å². The van der Waals surface area contributed by atoms with Gasteiger partial charge in [-0.2, -0.15) is 0 Å². The first-order valence-corrected chi connectivity index (χ1v) is 9.42. The maximum Gasteiger partial charge on any atom is 0.00699 e. The van der Waals surface area contributed by atoms with Crippen molar-refractivity contribution in [1.29, 1.82) is 0 Å². The van der Waals surface area contributed by atoms with Gasteiger partial charge < -0.3 is 15.5 Å². The first kappa shape index (κ1) is 15.8. The SMILES string of the molecule is CN1CCC(CC2CCC(CC3CCNCC3)NC2)CC1. The highest BCUT2D eigenvalue weighted by Gasteiger charge is 2.26. The first-order valence-electron chi connectivity index (χ1n) is 9.42. The van der Waals surface area contributed by atoms with Crippen LogP contribution in [0.4, 0.5) is 0 Å². The fourth-order valence-corrected chi connectivity index (χ4v) is 4.67. The minimum atomic E-state index is 0.821. The Labute approximate surface area is 131 Å². The lowest BCUT2D eigenvalue weighted by molar-refractivity contribution is 0.172. The van der Waals surface area contributed by atoms with Crippen molar-refractivity contribution in [2.75, 3.05) is 39.8 Å². The molecule has 3 heterocycles. The predicted molar refractivity (Wildman–Crippen MR) is 89.6 cm³/mol. The van der Waals surface area contributed by atoms with Crippen LogP contribution in [0.5, 0.6) is 0 Å². The normalized spacial score (nSPS) is 34.1. The largest absolute Gasteiger partial charge is 0.317 e. The Balaban J connectivity index is 1.33. The molecular formula is C18H35N3. The quantitative estimate of drug-likeness (QED) is 0.834. The fraction of sp³-hybridized carbons (Fsp3) is 1.00. The number of nitrogens with one attached hydrogen (secondary N) is 2. The second kappa shape index (κ2) is 7.94. The third kappa shape index (κ3) is 4.94. The van der Waals surface area contributed by atoms with Crippen LogP contribution in [-0.4, -0.2) is 50.7 Å². The molecule has 2 atom stereocenters. The zero-order chi connectivity index (χ0) is 14.5. The van der Waals surface area contributed by atoms with Crippen LogP contribution in [-0.2, 0) is 0 Å². The van der Waals surface area contributed by atoms with Gasteiger partial charge in [-0.25, -0.2) is 0 Å². The van der Waals surface area contributed by atoms with Gasteiger partial charge in [0.15, 0.2) is 0 Å². The molecule has 3 aliphatic rings. The van der Waals surface area contributed by atoms with Crippen LogP contribution in [0, 0.1) is 17.8 Å². The van der Waals surface area contributed by atoms with Gasteiger partial charge in [0, 0.05) is 6.04 Å². The Kier molecular flexibility index (Phi) is 5.96. The smallest absolute Gasteiger partial charge is 0.00699 e. The molecule has 0 aromatic heterocycles. The molecule has 21 heavy (non-hydrogen) atoms. The van der Waals surface area contributed by atoms with E-state index >= 15 is 0 Å². The van der Waals surface area contributed by atoms with Crippen molar-refractivity contribution in [1.82, 2.24) is 15.5 Å². The van der Waals surface area contributed by atoms with Crippen molar-refractivity contribution in [2.24, 2.45) is 17.8 Å². The summed E-state index contributed by atoms with van der Waals surface area (Å²) in [4.78, 5) is 2.49. The molecule has 2 N–H and O–H groups in total. The highest BCUT2D eigenvalue weighted by Crippen LogP contribution is 2.30. The molecule has 3 saturated heterocycles. The van der Waals surface area contributed by atoms with Crippen LogP contribution < -0.4 is 10.6 Å². The second-order valence-corrected chi connectivity index (χ2v) is 7.96. The molecule has 0 radical (unpaired) electrons. The monoisotopic (exact) mass is 293 g/mol. The summed E-state index contributed by atoms with van der Waals surface area (Å²) >= 11 is 0. The first-order chi connectivity index (χ1) is 10.3. The average molecular weight is 293 g/mol. The molecular weight excluding hydrogens is 258 g/mol. The minimum absolute atomic E-state index is 0.821. The molecule has 0 aromatic carbocycles. The van der Waals surface area contributed by atoms with E-state index in [9.17, 15) is 0 Å². The fourth-order valence-electron chi connectivity index (χ4n) is 4.67. The average Bonchev–Trinajstić information content (AvgIpc) is 2.53. The van der Waals surface area contributed by atoms with E-state index in [2.05, 4.69) is 22.6 Å². The van der Waals surface area contributed by atoms with Crippen LogP contribution in [0.3, 0.4) is 0 Å². The van der Waals surface area contributed by atoms with E-state index in [1.807, 2.05) is 0 Å². The van der Waals surface area contributed by atoms with Crippen LogP contribution in [0.25, 0.3) is 0 Å². The van der Waals surface area contributed by atoms with Crippen LogP contribution >= 0.6 is 0 Å². The Morgan fingerprint density at radius 2 is 1.52 bits per heavy atom. The molecule has 2 unspecified atom stereocenters. The Morgan fingerprint density at radius 3 is 2.19 bits per heavy atom. The molecule has 0 spiro atoms. The van der Waals surface area contributed by atoms with Crippen molar-refractivity contribution in [3.8, 4) is 0 Å². The molecule has 0 aromatic rings. The van der Waals surface area contributed by atoms with Crippen molar-refractivity contribution in [3.63, 3.8) is 0 Å². The zero-order valence-electron chi connectivity index (χ0n) is 13.9. The molecule has 0 bridgehead atoms. The summed E-state index contributed by atoms with van der Waals surface area (Å²) in [6, 6.07) is 0.821. The van der Waals surface area contributed by atoms with Gasteiger partial charge in [-0.1, -0.05) is 0 Å². The van der Waals surface area contributed by atoms with Gasteiger partial charge in [0.25, 0.3) is 0 Å². The van der Waals surface area contributed by atoms with Gasteiger partial charge in [-0.15, -0.1) is 0 Å². The number of nitrogens with zero attached hydrogens (tertiary/aromatic N) is 1. The maximum atomic E-state index is 3.88. The summed E-state index contributed by atoms with van der Waals surface area (Å²) in [6.07, 6.45) is 11.5. The molecule has 3 aliphatic heterocycles. The summed E-state index contributed by atoms with van der Waals surface area (Å²) in [5.74, 6) is 2.95. The highest BCUT2D eigenvalue weighted by molar-refractivity contribution is 4.83. The molecule has 3 heteroatoms. The second-order valence-electron chi connectivity index (χ2n) is 7.96. The van der Waals surface area contributed by atoms with Gasteiger partial charge in [0.05, 0.1) is 0 Å². The molecule has 0 amide bonds. The van der Waals surface area contributed by atoms with Gasteiger partial charge in [-0.3, -0.25) is 0 Å². The maximum absolute atomic E-state index is 3.88. The number of hydrogen-bond acceptors (Lipinski definition) is 3. The standard InChI is InChI=1S/C18H35N3/c1-21-10-6-16(7-11-21)12-17-2-3-18(20-14-17)13-15-4-8-19-9-5-15/h15-20H,2-14H2,1H3. The lowest BCUT2D eigenvalue weighted by Gasteiger charge is -2.36. The van der Waals surface area contributed by atoms with Crippen molar-refractivity contribution >= 4 is 0 Å². The molecule has 3 nitrogen and oxygen atoms in total. The molecule has 0 saturated carbocycles. The number of likely N-dealkylation sites (tertiary alicyclic amines) is 1. The van der Waals surface area contributed by atoms with Crippen LogP contribution in [0.1, 0.15) is 51.4 Å². The molecule has 122 valence electrons. The number of piperidine rings is 3. The summed E-state index contributed by atoms with van der Waals surface area (Å²) in [5.41, 5.74) is 0. The molecule has 3 rings (SSSR count). The molecule has 3 fully saturated rings. The van der Waals surface area contributed by atoms with E-state index in [1.54, 1.807) is 0 Å². The predicted octanol–water partition coefficient (Wildman–Crippen LogP) is 2.48. The Bertz CT molecular complexity index is 285. The summed E-state index contributed by atoms with van der Waals surface area (Å²) < 4.78 is 0. The van der Waals surface area contributed by atoms with Crippen molar-refractivity contribution in [2.45, 2.75) is 57.4 Å². The Morgan fingerprint density at radius 1 is 0.810 bits per heavy atom. The van der Waals surface area contributed by atoms with Gasteiger partial charge >= 0.3 is 0 Å². The zero-order valence-corrected chi connectivity index (χ0v) is 13.9. The number of hydrogen-bond donors (Lipinski definition) is 2. The van der Waals surface area contributed by atoms with Crippen LogP contribution in [0.2, 0.25) is 0 Å². The van der Waals surface area contributed by atoms with E-state index in [-0.39, 0.29) is 0 Å². The lowest BCUT2D eigenvalue weighted by Crippen LogP contribution is -2.42. The van der Waals surface area contributed by atoms with E-state index in [0.29, 0.717) is 0 Å². The third-order valence-electron chi connectivity index (χ3n) is 6.20. The third-order valence-corrected chi connectivity index (χ3v) is 6.20. The summed E-state index contributed by atoms with van der Waals surface area (Å²) in [7, 11) is 2.27. The highest BCUT2D eigenvalue weighted by atomic mass is 15.1. The lowest BCUT2D eigenvalue weighted by atomic mass is 9.81. The van der Waals surface area contributed by atoms with Gasteiger partial charge in [-0.05, 0) is 109 Å². The Hall–Kier alpha value is -0.120. The summed E-state index contributed by atoms with van der Waals surface area (Å²) in [6.45, 7) is 6.43. The van der Waals surface area contributed by atoms with E-state index in [0.717, 1.165) is 23.8 Å². The van der Waals surface area contributed by atoms with E-state index in [1.165, 1.54) is 84.1 Å². The topological polar surface area (TPSA) is 27.3 Å². The van der Waals surface area contributed by atoms with Crippen LogP contribution in [0.15, 0.2) is 0 Å². The van der Waals surface area contributed by atoms with Crippen molar-refractivity contribution in [3.05, 3.63) is 0 Å². The minimum Gasteiger partial charge on any atom is -0.317 e.